The third kappa shape index (κ3) is 2.18. The standard InChI is InChI=1S/C12H9F2N/c13-12(14)10-6-7-15-11(8-10)9-4-2-1-3-5-9/h1-8,12H. The smallest absolute Gasteiger partial charge is 0.256 e. The summed E-state index contributed by atoms with van der Waals surface area (Å²) in [6.45, 7) is 0. The highest BCUT2D eigenvalue weighted by Crippen LogP contribution is 2.23. The van der Waals surface area contributed by atoms with Crippen molar-refractivity contribution in [3.63, 3.8) is 0 Å². The maximum Gasteiger partial charge on any atom is 0.263 e. The summed E-state index contributed by atoms with van der Waals surface area (Å²) in [6, 6.07) is 12.0. The number of alkyl halides is 2. The minimum Gasteiger partial charge on any atom is -0.256 e. The Morgan fingerprint density at radius 2 is 1.73 bits per heavy atom. The van der Waals surface area contributed by atoms with E-state index in [1.165, 1.54) is 18.3 Å². The van der Waals surface area contributed by atoms with Crippen LogP contribution in [0.3, 0.4) is 0 Å². The molecule has 1 heterocycles. The topological polar surface area (TPSA) is 12.9 Å². The molecule has 1 nitrogen and oxygen atoms in total. The van der Waals surface area contributed by atoms with Crippen LogP contribution in [0.1, 0.15) is 12.0 Å². The zero-order valence-electron chi connectivity index (χ0n) is 7.90. The van der Waals surface area contributed by atoms with Crippen LogP contribution >= 0.6 is 0 Å². The summed E-state index contributed by atoms with van der Waals surface area (Å²) in [6.07, 6.45) is -1.04. The van der Waals surface area contributed by atoms with Gasteiger partial charge in [0.15, 0.2) is 0 Å². The van der Waals surface area contributed by atoms with Crippen molar-refractivity contribution >= 4 is 0 Å². The second-order valence-corrected chi connectivity index (χ2v) is 3.14. The van der Waals surface area contributed by atoms with Crippen molar-refractivity contribution < 1.29 is 8.78 Å². The number of benzene rings is 1. The van der Waals surface area contributed by atoms with Crippen LogP contribution in [-0.4, -0.2) is 4.98 Å². The highest BCUT2D eigenvalue weighted by Gasteiger charge is 2.08. The van der Waals surface area contributed by atoms with E-state index in [0.29, 0.717) is 5.69 Å². The summed E-state index contributed by atoms with van der Waals surface area (Å²) in [5, 5.41) is 0. The van der Waals surface area contributed by atoms with E-state index in [9.17, 15) is 8.78 Å². The second kappa shape index (κ2) is 4.17. The van der Waals surface area contributed by atoms with Crippen molar-refractivity contribution in [1.82, 2.24) is 4.98 Å². The van der Waals surface area contributed by atoms with Crippen LogP contribution in [0.25, 0.3) is 11.3 Å². The van der Waals surface area contributed by atoms with E-state index in [1.54, 1.807) is 0 Å². The van der Waals surface area contributed by atoms with Gasteiger partial charge in [0.25, 0.3) is 6.43 Å². The molecular weight excluding hydrogens is 196 g/mol. The first-order valence-corrected chi connectivity index (χ1v) is 4.57. The Hall–Kier alpha value is -1.77. The number of hydrogen-bond donors (Lipinski definition) is 0. The van der Waals surface area contributed by atoms with Crippen LogP contribution in [0, 0.1) is 0 Å². The van der Waals surface area contributed by atoms with Crippen LogP contribution in [0.5, 0.6) is 0 Å². The lowest BCUT2D eigenvalue weighted by molar-refractivity contribution is 0.151. The molecule has 0 unspecified atom stereocenters. The molecule has 0 fully saturated rings. The molecule has 1 aromatic carbocycles. The van der Waals surface area contributed by atoms with E-state index in [1.807, 2.05) is 30.3 Å². The van der Waals surface area contributed by atoms with Crippen molar-refractivity contribution in [3.05, 3.63) is 54.2 Å². The third-order valence-corrected chi connectivity index (χ3v) is 2.11. The van der Waals surface area contributed by atoms with Gasteiger partial charge in [-0.1, -0.05) is 30.3 Å². The fraction of sp³-hybridized carbons (Fsp3) is 0.0833. The molecule has 0 aliphatic carbocycles. The van der Waals surface area contributed by atoms with E-state index in [0.717, 1.165) is 5.56 Å². The van der Waals surface area contributed by atoms with Gasteiger partial charge in [0.2, 0.25) is 0 Å². The molecular formula is C12H9F2N. The Morgan fingerprint density at radius 3 is 2.40 bits per heavy atom. The number of nitrogens with zero attached hydrogens (tertiary/aromatic N) is 1. The molecule has 0 aliphatic heterocycles. The predicted octanol–water partition coefficient (Wildman–Crippen LogP) is 3.69. The van der Waals surface area contributed by atoms with Gasteiger partial charge in [0.05, 0.1) is 5.69 Å². The monoisotopic (exact) mass is 205 g/mol. The highest BCUT2D eigenvalue weighted by atomic mass is 19.3. The molecule has 1 aromatic heterocycles. The summed E-state index contributed by atoms with van der Waals surface area (Å²) >= 11 is 0. The van der Waals surface area contributed by atoms with E-state index >= 15 is 0 Å². The lowest BCUT2D eigenvalue weighted by atomic mass is 10.1. The van der Waals surface area contributed by atoms with Crippen LogP contribution in [0.15, 0.2) is 48.7 Å². The molecule has 0 N–H and O–H groups in total. The van der Waals surface area contributed by atoms with Crippen molar-refractivity contribution in [2.75, 3.05) is 0 Å². The predicted molar refractivity (Wildman–Crippen MR) is 54.6 cm³/mol. The van der Waals surface area contributed by atoms with Gasteiger partial charge in [-0.25, -0.2) is 8.78 Å². The molecule has 2 rings (SSSR count). The van der Waals surface area contributed by atoms with Gasteiger partial charge in [0, 0.05) is 17.3 Å². The van der Waals surface area contributed by atoms with Gasteiger partial charge in [-0.2, -0.15) is 0 Å². The Kier molecular flexibility index (Phi) is 2.72. The van der Waals surface area contributed by atoms with Crippen molar-refractivity contribution in [1.29, 1.82) is 0 Å². The van der Waals surface area contributed by atoms with Crippen LogP contribution < -0.4 is 0 Å². The first-order valence-electron chi connectivity index (χ1n) is 4.57. The number of pyridine rings is 1. The minimum atomic E-state index is -2.45. The summed E-state index contributed by atoms with van der Waals surface area (Å²) in [7, 11) is 0. The lowest BCUT2D eigenvalue weighted by Gasteiger charge is -2.03. The SMILES string of the molecule is FC(F)c1ccnc(-c2ccccc2)c1. The van der Waals surface area contributed by atoms with Gasteiger partial charge in [-0.05, 0) is 12.1 Å². The molecule has 2 aromatic rings. The Morgan fingerprint density at radius 1 is 1.00 bits per heavy atom. The molecule has 15 heavy (non-hydrogen) atoms. The van der Waals surface area contributed by atoms with E-state index in [4.69, 9.17) is 0 Å². The molecule has 0 amide bonds. The van der Waals surface area contributed by atoms with Crippen LogP contribution in [0.2, 0.25) is 0 Å². The van der Waals surface area contributed by atoms with E-state index in [-0.39, 0.29) is 5.56 Å². The number of rotatable bonds is 2. The van der Waals surface area contributed by atoms with E-state index in [2.05, 4.69) is 4.98 Å². The summed E-state index contributed by atoms with van der Waals surface area (Å²) < 4.78 is 24.9. The zero-order valence-corrected chi connectivity index (χ0v) is 7.90. The van der Waals surface area contributed by atoms with Gasteiger partial charge in [-0.15, -0.1) is 0 Å². The number of hydrogen-bond acceptors (Lipinski definition) is 1. The zero-order chi connectivity index (χ0) is 10.7. The highest BCUT2D eigenvalue weighted by molar-refractivity contribution is 5.59. The first-order chi connectivity index (χ1) is 7.27. The molecule has 0 bridgehead atoms. The number of aromatic nitrogens is 1. The molecule has 0 spiro atoms. The Balaban J connectivity index is 2.42. The molecule has 0 saturated carbocycles. The normalized spacial score (nSPS) is 10.6. The first kappa shape index (κ1) is 9.77. The third-order valence-electron chi connectivity index (χ3n) is 2.11. The molecule has 0 atom stereocenters. The summed E-state index contributed by atoms with van der Waals surface area (Å²) in [4.78, 5) is 4.06. The van der Waals surface area contributed by atoms with Crippen LogP contribution in [0.4, 0.5) is 8.78 Å². The second-order valence-electron chi connectivity index (χ2n) is 3.14. The quantitative estimate of drug-likeness (QED) is 0.728. The summed E-state index contributed by atoms with van der Waals surface area (Å²) in [5.74, 6) is 0. The van der Waals surface area contributed by atoms with Gasteiger partial charge in [0.1, 0.15) is 0 Å². The van der Waals surface area contributed by atoms with E-state index < -0.39 is 6.43 Å². The van der Waals surface area contributed by atoms with Gasteiger partial charge >= 0.3 is 0 Å². The molecule has 76 valence electrons. The van der Waals surface area contributed by atoms with Crippen molar-refractivity contribution in [3.8, 4) is 11.3 Å². The average Bonchev–Trinajstić information content (AvgIpc) is 2.30. The maximum atomic E-state index is 12.4. The average molecular weight is 205 g/mol. The largest absolute Gasteiger partial charge is 0.263 e. The summed E-state index contributed by atoms with van der Waals surface area (Å²) in [5.41, 5.74) is 1.43. The Labute approximate surface area is 86.4 Å². The number of halogens is 2. The fourth-order valence-corrected chi connectivity index (χ4v) is 1.35. The van der Waals surface area contributed by atoms with Crippen molar-refractivity contribution in [2.45, 2.75) is 6.43 Å². The van der Waals surface area contributed by atoms with Gasteiger partial charge < -0.3 is 0 Å². The van der Waals surface area contributed by atoms with Crippen LogP contribution in [-0.2, 0) is 0 Å². The minimum absolute atomic E-state index is 0.00357. The van der Waals surface area contributed by atoms with Gasteiger partial charge in [-0.3, -0.25) is 4.98 Å². The molecule has 0 aliphatic rings. The maximum absolute atomic E-state index is 12.4. The fourth-order valence-electron chi connectivity index (χ4n) is 1.35. The molecule has 3 heteroatoms. The molecule has 0 radical (unpaired) electrons. The van der Waals surface area contributed by atoms with Crippen molar-refractivity contribution in [2.24, 2.45) is 0 Å². The molecule has 0 saturated heterocycles. The lowest BCUT2D eigenvalue weighted by Crippen LogP contribution is -1.88. The Bertz CT molecular complexity index is 440.